The average molecular weight is 333 g/mol. The smallest absolute Gasteiger partial charge is 0.405 e. The van der Waals surface area contributed by atoms with Gasteiger partial charge in [-0.15, -0.1) is 0 Å². The Balaban J connectivity index is 2.37. The number of amides is 3. The molecule has 3 N–H and O–H groups in total. The second-order valence-corrected chi connectivity index (χ2v) is 4.58. The molecule has 9 heteroatoms. The fraction of sp³-hybridized carbons (Fsp3) is 0.429. The molecule has 0 fully saturated rings. The van der Waals surface area contributed by atoms with Gasteiger partial charge in [-0.2, -0.15) is 13.2 Å². The molecular formula is C14H18F3N3O3. The Morgan fingerprint density at radius 3 is 2.61 bits per heavy atom. The van der Waals surface area contributed by atoms with Crippen molar-refractivity contribution < 1.29 is 27.5 Å². The fourth-order valence-electron chi connectivity index (χ4n) is 1.48. The summed E-state index contributed by atoms with van der Waals surface area (Å²) < 4.78 is 41.1. The second kappa shape index (κ2) is 8.86. The van der Waals surface area contributed by atoms with Gasteiger partial charge in [0.15, 0.2) is 0 Å². The zero-order valence-electron chi connectivity index (χ0n) is 12.5. The van der Waals surface area contributed by atoms with E-state index in [4.69, 9.17) is 4.74 Å². The Kier molecular flexibility index (Phi) is 7.17. The minimum absolute atomic E-state index is 0.437. The van der Waals surface area contributed by atoms with Gasteiger partial charge in [0.05, 0.1) is 13.2 Å². The third-order valence-corrected chi connectivity index (χ3v) is 2.46. The highest BCUT2D eigenvalue weighted by Gasteiger charge is 2.27. The van der Waals surface area contributed by atoms with Crippen LogP contribution in [-0.2, 0) is 4.79 Å². The first-order valence-electron chi connectivity index (χ1n) is 6.91. The van der Waals surface area contributed by atoms with Gasteiger partial charge in [0.25, 0.3) is 0 Å². The van der Waals surface area contributed by atoms with E-state index in [2.05, 4.69) is 10.6 Å². The van der Waals surface area contributed by atoms with Crippen LogP contribution in [-0.4, -0.2) is 37.8 Å². The lowest BCUT2D eigenvalue weighted by atomic mass is 10.3. The maximum Gasteiger partial charge on any atom is 0.405 e. The molecule has 0 aliphatic heterocycles. The Bertz CT molecular complexity index is 535. The first-order chi connectivity index (χ1) is 10.8. The molecule has 6 nitrogen and oxygen atoms in total. The van der Waals surface area contributed by atoms with Gasteiger partial charge < -0.3 is 20.7 Å². The lowest BCUT2D eigenvalue weighted by Gasteiger charge is -2.11. The van der Waals surface area contributed by atoms with Gasteiger partial charge >= 0.3 is 12.2 Å². The number of nitrogens with one attached hydrogen (secondary N) is 3. The number of urea groups is 1. The molecule has 0 saturated heterocycles. The Labute approximate surface area is 131 Å². The molecule has 1 aromatic rings. The topological polar surface area (TPSA) is 79.5 Å². The van der Waals surface area contributed by atoms with Crippen molar-refractivity contribution in [1.29, 1.82) is 0 Å². The maximum atomic E-state index is 11.9. The Hall–Kier alpha value is -2.45. The van der Waals surface area contributed by atoms with Gasteiger partial charge in [0.1, 0.15) is 12.3 Å². The average Bonchev–Trinajstić information content (AvgIpc) is 2.48. The maximum absolute atomic E-state index is 11.9. The molecule has 0 radical (unpaired) electrons. The quantitative estimate of drug-likeness (QED) is 0.716. The summed E-state index contributed by atoms with van der Waals surface area (Å²) in [5.74, 6) is -0.356. The predicted molar refractivity (Wildman–Crippen MR) is 78.3 cm³/mol. The highest BCUT2D eigenvalue weighted by Crippen LogP contribution is 2.17. The van der Waals surface area contributed by atoms with E-state index in [0.717, 1.165) is 6.42 Å². The van der Waals surface area contributed by atoms with E-state index in [0.29, 0.717) is 18.0 Å². The third-order valence-electron chi connectivity index (χ3n) is 2.46. The van der Waals surface area contributed by atoms with Crippen LogP contribution in [0.5, 0.6) is 5.75 Å². The van der Waals surface area contributed by atoms with E-state index < -0.39 is 31.2 Å². The van der Waals surface area contributed by atoms with E-state index in [1.165, 1.54) is 0 Å². The first kappa shape index (κ1) is 18.6. The minimum atomic E-state index is -4.49. The standard InChI is InChI=1S/C14H18F3N3O3/c1-2-6-23-11-5-3-4-10(7-11)20-13(22)18-8-12(21)19-9-14(15,16)17/h3-5,7H,2,6,8-9H2,1H3,(H,19,21)(H2,18,20,22). The Morgan fingerprint density at radius 2 is 1.96 bits per heavy atom. The Morgan fingerprint density at radius 1 is 1.22 bits per heavy atom. The summed E-state index contributed by atoms with van der Waals surface area (Å²) in [7, 11) is 0. The van der Waals surface area contributed by atoms with Crippen LogP contribution in [0.4, 0.5) is 23.7 Å². The van der Waals surface area contributed by atoms with Crippen LogP contribution in [0.1, 0.15) is 13.3 Å². The molecule has 0 spiro atoms. The highest BCUT2D eigenvalue weighted by atomic mass is 19.4. The summed E-state index contributed by atoms with van der Waals surface area (Å²) in [6.07, 6.45) is -3.65. The molecule has 1 rings (SSSR count). The molecule has 0 atom stereocenters. The van der Waals surface area contributed by atoms with Gasteiger partial charge in [-0.3, -0.25) is 4.79 Å². The largest absolute Gasteiger partial charge is 0.494 e. The lowest BCUT2D eigenvalue weighted by Crippen LogP contribution is -2.42. The van der Waals surface area contributed by atoms with Crippen molar-refractivity contribution in [2.75, 3.05) is 25.0 Å². The molecule has 0 heterocycles. The number of hydrogen-bond acceptors (Lipinski definition) is 3. The van der Waals surface area contributed by atoms with Gasteiger partial charge in [0.2, 0.25) is 5.91 Å². The normalized spacial score (nSPS) is 10.8. The molecule has 0 aromatic heterocycles. The van der Waals surface area contributed by atoms with E-state index in [9.17, 15) is 22.8 Å². The minimum Gasteiger partial charge on any atom is -0.494 e. The van der Waals surface area contributed by atoms with Crippen LogP contribution < -0.4 is 20.7 Å². The summed E-state index contributed by atoms with van der Waals surface area (Å²) in [5.41, 5.74) is 0.437. The number of halogens is 3. The van der Waals surface area contributed by atoms with Crippen molar-refractivity contribution >= 4 is 17.6 Å². The SMILES string of the molecule is CCCOc1cccc(NC(=O)NCC(=O)NCC(F)(F)F)c1. The van der Waals surface area contributed by atoms with Crippen molar-refractivity contribution in [1.82, 2.24) is 10.6 Å². The predicted octanol–water partition coefficient (Wildman–Crippen LogP) is 2.28. The van der Waals surface area contributed by atoms with E-state index >= 15 is 0 Å². The monoisotopic (exact) mass is 333 g/mol. The molecule has 0 aliphatic rings. The highest BCUT2D eigenvalue weighted by molar-refractivity contribution is 5.92. The summed E-state index contributed by atoms with van der Waals surface area (Å²) >= 11 is 0. The van der Waals surface area contributed by atoms with E-state index in [1.807, 2.05) is 6.92 Å². The van der Waals surface area contributed by atoms with Gasteiger partial charge in [0, 0.05) is 11.8 Å². The zero-order chi connectivity index (χ0) is 17.3. The van der Waals surface area contributed by atoms with Gasteiger partial charge in [-0.05, 0) is 18.6 Å². The molecule has 0 aliphatic carbocycles. The number of ether oxygens (including phenoxy) is 1. The molecule has 3 amide bonds. The summed E-state index contributed by atoms with van der Waals surface area (Å²) in [6, 6.07) is 5.90. The number of hydrogen-bond donors (Lipinski definition) is 3. The van der Waals surface area contributed by atoms with Gasteiger partial charge in [-0.25, -0.2) is 4.79 Å². The third kappa shape index (κ3) is 8.54. The van der Waals surface area contributed by atoms with Crippen molar-refractivity contribution in [3.63, 3.8) is 0 Å². The molecule has 0 unspecified atom stereocenters. The summed E-state index contributed by atoms with van der Waals surface area (Å²) in [4.78, 5) is 22.7. The van der Waals surface area contributed by atoms with Crippen LogP contribution in [0.2, 0.25) is 0 Å². The van der Waals surface area contributed by atoms with Crippen molar-refractivity contribution in [3.8, 4) is 5.75 Å². The molecular weight excluding hydrogens is 315 g/mol. The number of benzene rings is 1. The molecule has 23 heavy (non-hydrogen) atoms. The summed E-state index contributed by atoms with van der Waals surface area (Å²) in [6.45, 7) is 0.494. The van der Waals surface area contributed by atoms with Crippen LogP contribution in [0, 0.1) is 0 Å². The number of anilines is 1. The fourth-order valence-corrected chi connectivity index (χ4v) is 1.48. The summed E-state index contributed by atoms with van der Waals surface area (Å²) in [5, 5.41) is 6.26. The van der Waals surface area contributed by atoms with Gasteiger partial charge in [-0.1, -0.05) is 13.0 Å². The molecule has 128 valence electrons. The number of alkyl halides is 3. The lowest BCUT2D eigenvalue weighted by molar-refractivity contribution is -0.137. The van der Waals surface area contributed by atoms with Crippen LogP contribution in [0.3, 0.4) is 0 Å². The molecule has 0 saturated carbocycles. The first-order valence-corrected chi connectivity index (χ1v) is 6.91. The van der Waals surface area contributed by atoms with Crippen molar-refractivity contribution in [2.45, 2.75) is 19.5 Å². The number of carbonyl (C=O) groups is 2. The van der Waals surface area contributed by atoms with E-state index in [-0.39, 0.29) is 0 Å². The van der Waals surface area contributed by atoms with Crippen LogP contribution in [0.25, 0.3) is 0 Å². The number of rotatable bonds is 7. The molecule has 0 bridgehead atoms. The molecule has 1 aromatic carbocycles. The van der Waals surface area contributed by atoms with Crippen molar-refractivity contribution in [3.05, 3.63) is 24.3 Å². The van der Waals surface area contributed by atoms with Crippen LogP contribution >= 0.6 is 0 Å². The van der Waals surface area contributed by atoms with Crippen LogP contribution in [0.15, 0.2) is 24.3 Å². The van der Waals surface area contributed by atoms with E-state index in [1.54, 1.807) is 29.6 Å². The zero-order valence-corrected chi connectivity index (χ0v) is 12.5. The van der Waals surface area contributed by atoms with Crippen molar-refractivity contribution in [2.24, 2.45) is 0 Å². The number of carbonyl (C=O) groups excluding carboxylic acids is 2. The second-order valence-electron chi connectivity index (χ2n) is 4.58.